The zero-order valence-corrected chi connectivity index (χ0v) is 36.4. The molecule has 20 heteroatoms. The molecule has 7 atom stereocenters. The molecule has 6 amide bonds. The van der Waals surface area contributed by atoms with Gasteiger partial charge in [0.15, 0.2) is 0 Å². The van der Waals surface area contributed by atoms with Gasteiger partial charge < -0.3 is 58.8 Å². The van der Waals surface area contributed by atoms with Crippen LogP contribution in [0, 0.1) is 0 Å². The highest BCUT2D eigenvalue weighted by Gasteiger charge is 2.32. The van der Waals surface area contributed by atoms with E-state index >= 15 is 0 Å². The molecule has 0 saturated carbocycles. The Kier molecular flexibility index (Phi) is 30.0. The van der Waals surface area contributed by atoms with Crippen LogP contribution in [0.5, 0.6) is 0 Å². The summed E-state index contributed by atoms with van der Waals surface area (Å²) in [5.74, 6) is -4.26. The van der Waals surface area contributed by atoms with Gasteiger partial charge in [0.1, 0.15) is 36.6 Å². The highest BCUT2D eigenvalue weighted by Crippen LogP contribution is 2.13. The summed E-state index contributed by atoms with van der Waals surface area (Å²) in [6.45, 7) is 2.77. The lowest BCUT2D eigenvalue weighted by Gasteiger charge is -2.30. The Balaban J connectivity index is 2.77. The molecule has 350 valence electrons. The number of nitrogens with two attached hydrogens (primary N) is 3. The number of carbonyl (C=O) groups is 6. The maximum absolute atomic E-state index is 13.7. The van der Waals surface area contributed by atoms with E-state index in [4.69, 9.17) is 17.2 Å². The summed E-state index contributed by atoms with van der Waals surface area (Å²) in [7, 11) is 0. The fraction of sp³-hybridized carbons (Fsp3) is 0.780. The second-order valence-corrected chi connectivity index (χ2v) is 15.7. The number of rotatable bonds is 38. The smallest absolute Gasteiger partial charge is 0.242 e. The molecule has 1 heterocycles. The number of aliphatic hydroxyl groups excluding tert-OH is 3. The third-order valence-corrected chi connectivity index (χ3v) is 10.3. The van der Waals surface area contributed by atoms with Gasteiger partial charge in [-0.25, -0.2) is 4.98 Å². The fourth-order valence-corrected chi connectivity index (χ4v) is 6.63. The lowest BCUT2D eigenvalue weighted by molar-refractivity contribution is -0.133. The van der Waals surface area contributed by atoms with Gasteiger partial charge in [0, 0.05) is 37.7 Å². The van der Waals surface area contributed by atoms with E-state index in [-0.39, 0.29) is 44.7 Å². The van der Waals surface area contributed by atoms with E-state index in [1.165, 1.54) is 70.3 Å². The van der Waals surface area contributed by atoms with Crippen LogP contribution in [0.1, 0.15) is 142 Å². The maximum Gasteiger partial charge on any atom is 0.242 e. The number of unbranched alkanes of at least 4 members (excludes halogenated alkanes) is 13. The Bertz CT molecular complexity index is 1390. The molecule has 0 radical (unpaired) electrons. The summed E-state index contributed by atoms with van der Waals surface area (Å²) in [6, 6.07) is -6.24. The van der Waals surface area contributed by atoms with Gasteiger partial charge in [-0.3, -0.25) is 39.4 Å². The number of primary amides is 2. The summed E-state index contributed by atoms with van der Waals surface area (Å²) in [6.07, 6.45) is 16.4. The highest BCUT2D eigenvalue weighted by atomic mass is 16.3. The normalized spacial score (nSPS) is 14.8. The van der Waals surface area contributed by atoms with Crippen LogP contribution in [-0.2, 0) is 35.2 Å². The van der Waals surface area contributed by atoms with Crippen molar-refractivity contribution in [3.8, 4) is 0 Å². The molecule has 2 unspecified atom stereocenters. The number of aromatic nitrogens is 2. The first-order chi connectivity index (χ1) is 29.3. The first kappa shape index (κ1) is 54.8. The topological polar surface area (TPSA) is 342 Å². The minimum atomic E-state index is -1.64. The third kappa shape index (κ3) is 25.4. The van der Waals surface area contributed by atoms with Crippen molar-refractivity contribution in [3.63, 3.8) is 0 Å². The Morgan fingerprint density at radius 2 is 1.25 bits per heavy atom. The second-order valence-electron chi connectivity index (χ2n) is 15.7. The minimum Gasteiger partial charge on any atom is -0.394 e. The first-order valence-corrected chi connectivity index (χ1v) is 22.2. The van der Waals surface area contributed by atoms with E-state index in [2.05, 4.69) is 48.8 Å². The van der Waals surface area contributed by atoms with E-state index in [9.17, 15) is 44.1 Å². The molecule has 0 saturated heterocycles. The molecule has 0 aromatic carbocycles. The SMILES string of the molecule is CCCCCCCCCCCCCCCC(=O)NCC(O)N[C@@H](CO)C(=O)N[C@@H](CCC(N)=O)C(=O)N[C@@H](Cc1cnc[nH]1)C(O)N[C@@H](CN)C(=O)N[C@@H](CCCC)C(N)=O. The standard InChI is InChI=1S/C41H77N11O9/c1-3-5-7-8-9-10-11-12-13-14-15-16-17-19-35(55)46-25-36(56)48-33(26-53)41(61)50-30(20-21-34(43)54)38(58)51-31(22-28-24-45-27-47-28)39(59)52-32(23-42)40(60)49-29(37(44)57)18-6-4-2/h24,27,29-33,36,39,48,52-53,56,59H,3-23,25-26,42H2,1-2H3,(H2,43,54)(H2,44,57)(H,45,47)(H,46,55)(H,49,60)(H,50,61)(H,51,58)/t29-,30-,31-,32-,33-,36?,39?/m0/s1. The summed E-state index contributed by atoms with van der Waals surface area (Å²) < 4.78 is 0. The lowest BCUT2D eigenvalue weighted by Crippen LogP contribution is -2.62. The molecule has 16 N–H and O–H groups in total. The summed E-state index contributed by atoms with van der Waals surface area (Å²) >= 11 is 0. The van der Waals surface area contributed by atoms with E-state index in [1.807, 2.05) is 6.92 Å². The van der Waals surface area contributed by atoms with Gasteiger partial charge >= 0.3 is 0 Å². The van der Waals surface area contributed by atoms with Crippen molar-refractivity contribution in [3.05, 3.63) is 18.2 Å². The number of imidazole rings is 1. The monoisotopic (exact) mass is 868 g/mol. The average Bonchev–Trinajstić information content (AvgIpc) is 3.75. The molecule has 61 heavy (non-hydrogen) atoms. The molecule has 1 aromatic heterocycles. The van der Waals surface area contributed by atoms with E-state index < -0.39 is 78.8 Å². The predicted octanol–water partition coefficient (Wildman–Crippen LogP) is -0.551. The molecular weight excluding hydrogens is 791 g/mol. The summed E-state index contributed by atoms with van der Waals surface area (Å²) in [5.41, 5.74) is 17.1. The van der Waals surface area contributed by atoms with Gasteiger partial charge in [-0.2, -0.15) is 0 Å². The number of H-pyrrole nitrogens is 1. The Hall–Kier alpha value is -4.21. The van der Waals surface area contributed by atoms with E-state index in [1.54, 1.807) is 0 Å². The molecule has 1 rings (SSSR count). The molecule has 1 aromatic rings. The Morgan fingerprint density at radius 1 is 0.689 bits per heavy atom. The largest absolute Gasteiger partial charge is 0.394 e. The molecule has 0 aliphatic carbocycles. The number of hydrogen-bond acceptors (Lipinski definition) is 13. The van der Waals surface area contributed by atoms with Crippen molar-refractivity contribution >= 4 is 35.4 Å². The van der Waals surface area contributed by atoms with E-state index in [0.717, 1.165) is 25.7 Å². The van der Waals surface area contributed by atoms with Crippen molar-refractivity contribution in [2.75, 3.05) is 19.7 Å². The van der Waals surface area contributed by atoms with Gasteiger partial charge in [-0.05, 0) is 19.3 Å². The highest BCUT2D eigenvalue weighted by molar-refractivity contribution is 5.91. The fourth-order valence-electron chi connectivity index (χ4n) is 6.63. The second kappa shape index (κ2) is 33.4. The molecule has 0 fully saturated rings. The van der Waals surface area contributed by atoms with Crippen LogP contribution >= 0.6 is 0 Å². The van der Waals surface area contributed by atoms with Crippen molar-refractivity contribution in [1.29, 1.82) is 0 Å². The van der Waals surface area contributed by atoms with Gasteiger partial charge in [0.2, 0.25) is 35.4 Å². The van der Waals surface area contributed by atoms with Gasteiger partial charge in [0.05, 0.1) is 25.5 Å². The number of aliphatic hydroxyl groups is 3. The number of aromatic amines is 1. The van der Waals surface area contributed by atoms with E-state index in [0.29, 0.717) is 25.0 Å². The van der Waals surface area contributed by atoms with Crippen LogP contribution in [-0.4, -0.2) is 123 Å². The summed E-state index contributed by atoms with van der Waals surface area (Å²) in [4.78, 5) is 82.9. The lowest BCUT2D eigenvalue weighted by atomic mass is 10.0. The van der Waals surface area contributed by atoms with Crippen molar-refractivity contribution in [2.24, 2.45) is 17.2 Å². The number of hydrogen-bond donors (Lipinski definition) is 13. The molecule has 0 aliphatic rings. The molecule has 20 nitrogen and oxygen atoms in total. The quantitative estimate of drug-likeness (QED) is 0.0294. The maximum atomic E-state index is 13.7. The van der Waals surface area contributed by atoms with Crippen molar-refractivity contribution < 1.29 is 44.1 Å². The van der Waals surface area contributed by atoms with Crippen LogP contribution in [0.3, 0.4) is 0 Å². The molecule has 0 spiro atoms. The van der Waals surface area contributed by atoms with Crippen LogP contribution in [0.15, 0.2) is 12.5 Å². The Labute approximate surface area is 360 Å². The molecule has 0 bridgehead atoms. The van der Waals surface area contributed by atoms with Crippen LogP contribution in [0.4, 0.5) is 0 Å². The first-order valence-electron chi connectivity index (χ1n) is 22.2. The van der Waals surface area contributed by atoms with Gasteiger partial charge in [-0.1, -0.05) is 104 Å². The third-order valence-electron chi connectivity index (χ3n) is 10.3. The Morgan fingerprint density at radius 3 is 1.77 bits per heavy atom. The van der Waals surface area contributed by atoms with Crippen LogP contribution in [0.2, 0.25) is 0 Å². The molecule has 0 aliphatic heterocycles. The van der Waals surface area contributed by atoms with Crippen LogP contribution < -0.4 is 49.1 Å². The molecular formula is C41H77N11O9. The predicted molar refractivity (Wildman–Crippen MR) is 231 cm³/mol. The van der Waals surface area contributed by atoms with Gasteiger partial charge in [0.25, 0.3) is 0 Å². The number of amides is 6. The summed E-state index contributed by atoms with van der Waals surface area (Å²) in [5, 5.41) is 47.2. The minimum absolute atomic E-state index is 0.0617. The zero-order chi connectivity index (χ0) is 45.4. The number of carbonyl (C=O) groups excluding carboxylic acids is 6. The number of nitrogens with zero attached hydrogens (tertiary/aromatic N) is 1. The van der Waals surface area contributed by atoms with Crippen LogP contribution in [0.25, 0.3) is 0 Å². The van der Waals surface area contributed by atoms with Crippen molar-refractivity contribution in [2.45, 2.75) is 185 Å². The van der Waals surface area contributed by atoms with Gasteiger partial charge in [-0.15, -0.1) is 0 Å². The average molecular weight is 868 g/mol. The number of nitrogens with one attached hydrogen (secondary N) is 7. The zero-order valence-electron chi connectivity index (χ0n) is 36.4. The van der Waals surface area contributed by atoms with Crippen molar-refractivity contribution in [1.82, 2.24) is 41.9 Å².